The smallest absolute Gasteiger partial charge is 0.355 e. The molecule has 0 unspecified atom stereocenters. The Kier molecular flexibility index (Phi) is 4.49. The highest BCUT2D eigenvalue weighted by Crippen LogP contribution is 2.25. The molecule has 0 aromatic heterocycles. The van der Waals surface area contributed by atoms with Gasteiger partial charge in [0.05, 0.1) is 5.69 Å². The quantitative estimate of drug-likeness (QED) is 0.841. The van der Waals surface area contributed by atoms with E-state index < -0.39 is 23.5 Å². The number of esters is 1. The van der Waals surface area contributed by atoms with Crippen LogP contribution in [0.3, 0.4) is 0 Å². The average Bonchev–Trinajstić information content (AvgIpc) is 2.93. The molecule has 0 spiro atoms. The number of para-hydroxylation sites is 1. The van der Waals surface area contributed by atoms with Gasteiger partial charge in [-0.3, -0.25) is 9.80 Å². The second kappa shape index (κ2) is 6.17. The number of nitrogens with zero attached hydrogens (tertiary/aromatic N) is 2. The number of primary amides is 1. The number of nitrogens with two attached hydrogens (primary N) is 1. The lowest BCUT2D eigenvalue weighted by atomic mass is 10.1. The zero-order valence-corrected chi connectivity index (χ0v) is 13.1. The molecular formula is C16H21N3O3. The van der Waals surface area contributed by atoms with Gasteiger partial charge in [0.25, 0.3) is 0 Å². The van der Waals surface area contributed by atoms with E-state index in [2.05, 4.69) is 5.10 Å². The molecule has 1 aromatic rings. The van der Waals surface area contributed by atoms with Gasteiger partial charge in [-0.25, -0.2) is 4.79 Å². The standard InChI is InChI=1S/C16H21N3O3/c1-4-16(2,3)22-15(21)12-10-13(14(17)20)19(18-12)11-8-6-5-7-9-11/h5-9,13H,4,10H2,1-3H3,(H2,17,20)/t13-/m1/s1. The molecule has 2 N–H and O–H groups in total. The third kappa shape index (κ3) is 3.44. The first-order valence-corrected chi connectivity index (χ1v) is 7.28. The Balaban J connectivity index is 2.24. The summed E-state index contributed by atoms with van der Waals surface area (Å²) in [6.07, 6.45) is 0.844. The van der Waals surface area contributed by atoms with E-state index in [9.17, 15) is 9.59 Å². The Morgan fingerprint density at radius 1 is 1.36 bits per heavy atom. The monoisotopic (exact) mass is 303 g/mol. The summed E-state index contributed by atoms with van der Waals surface area (Å²) in [4.78, 5) is 23.9. The van der Waals surface area contributed by atoms with Crippen molar-refractivity contribution in [1.82, 2.24) is 0 Å². The molecule has 0 saturated carbocycles. The van der Waals surface area contributed by atoms with Crippen molar-refractivity contribution in [2.24, 2.45) is 10.8 Å². The second-order valence-corrected chi connectivity index (χ2v) is 5.85. The molecular weight excluding hydrogens is 282 g/mol. The van der Waals surface area contributed by atoms with Gasteiger partial charge in [-0.15, -0.1) is 0 Å². The molecule has 1 aliphatic heterocycles. The second-order valence-electron chi connectivity index (χ2n) is 5.85. The fourth-order valence-electron chi connectivity index (χ4n) is 2.06. The van der Waals surface area contributed by atoms with Crippen LogP contribution >= 0.6 is 0 Å². The maximum absolute atomic E-state index is 12.2. The lowest BCUT2D eigenvalue weighted by molar-refractivity contribution is -0.148. The number of rotatable bonds is 5. The van der Waals surface area contributed by atoms with Gasteiger partial charge in [-0.05, 0) is 32.4 Å². The Morgan fingerprint density at radius 3 is 2.55 bits per heavy atom. The maximum Gasteiger partial charge on any atom is 0.355 e. The summed E-state index contributed by atoms with van der Waals surface area (Å²) in [6.45, 7) is 5.61. The van der Waals surface area contributed by atoms with Crippen molar-refractivity contribution in [3.05, 3.63) is 30.3 Å². The van der Waals surface area contributed by atoms with E-state index in [1.165, 1.54) is 5.01 Å². The predicted molar refractivity (Wildman–Crippen MR) is 84.4 cm³/mol. The summed E-state index contributed by atoms with van der Waals surface area (Å²) >= 11 is 0. The van der Waals surface area contributed by atoms with Crippen molar-refractivity contribution in [2.75, 3.05) is 5.01 Å². The van der Waals surface area contributed by atoms with Crippen LogP contribution in [0.4, 0.5) is 5.69 Å². The zero-order chi connectivity index (χ0) is 16.3. The fourth-order valence-corrected chi connectivity index (χ4v) is 2.06. The number of hydrazone groups is 1. The molecule has 6 heteroatoms. The molecule has 1 atom stereocenters. The third-order valence-corrected chi connectivity index (χ3v) is 3.72. The molecule has 118 valence electrons. The van der Waals surface area contributed by atoms with E-state index >= 15 is 0 Å². The number of carbonyl (C=O) groups is 2. The van der Waals surface area contributed by atoms with E-state index in [4.69, 9.17) is 10.5 Å². The van der Waals surface area contributed by atoms with Crippen LogP contribution in [-0.4, -0.2) is 29.2 Å². The van der Waals surface area contributed by atoms with Crippen molar-refractivity contribution in [1.29, 1.82) is 0 Å². The van der Waals surface area contributed by atoms with Gasteiger partial charge in [-0.2, -0.15) is 5.10 Å². The van der Waals surface area contributed by atoms with Crippen LogP contribution in [0.2, 0.25) is 0 Å². The average molecular weight is 303 g/mol. The molecule has 2 rings (SSSR count). The number of carbonyl (C=O) groups excluding carboxylic acids is 2. The lowest BCUT2D eigenvalue weighted by Crippen LogP contribution is -2.39. The Labute approximate surface area is 129 Å². The molecule has 0 bridgehead atoms. The van der Waals surface area contributed by atoms with E-state index in [-0.39, 0.29) is 12.1 Å². The highest BCUT2D eigenvalue weighted by atomic mass is 16.6. The van der Waals surface area contributed by atoms with Crippen LogP contribution in [0.5, 0.6) is 0 Å². The molecule has 0 aliphatic carbocycles. The lowest BCUT2D eigenvalue weighted by Gasteiger charge is -2.22. The first-order valence-electron chi connectivity index (χ1n) is 7.28. The molecule has 0 fully saturated rings. The normalized spacial score (nSPS) is 18.0. The molecule has 1 aromatic carbocycles. The molecule has 1 heterocycles. The minimum atomic E-state index is -0.672. The van der Waals surface area contributed by atoms with E-state index in [1.54, 1.807) is 0 Å². The van der Waals surface area contributed by atoms with Gasteiger partial charge in [0, 0.05) is 6.42 Å². The van der Waals surface area contributed by atoms with Crippen LogP contribution in [0.15, 0.2) is 35.4 Å². The number of hydrogen-bond donors (Lipinski definition) is 1. The highest BCUT2D eigenvalue weighted by molar-refractivity contribution is 6.38. The molecule has 6 nitrogen and oxygen atoms in total. The fraction of sp³-hybridized carbons (Fsp3) is 0.438. The van der Waals surface area contributed by atoms with E-state index in [0.29, 0.717) is 12.1 Å². The zero-order valence-electron chi connectivity index (χ0n) is 13.1. The summed E-state index contributed by atoms with van der Waals surface area (Å²) < 4.78 is 5.43. The minimum Gasteiger partial charge on any atom is -0.455 e. The van der Waals surface area contributed by atoms with Crippen molar-refractivity contribution in [3.8, 4) is 0 Å². The minimum absolute atomic E-state index is 0.156. The van der Waals surface area contributed by atoms with Crippen LogP contribution in [0, 0.1) is 0 Å². The third-order valence-electron chi connectivity index (χ3n) is 3.72. The van der Waals surface area contributed by atoms with Crippen LogP contribution < -0.4 is 10.7 Å². The topological polar surface area (TPSA) is 85.0 Å². The van der Waals surface area contributed by atoms with Crippen LogP contribution in [0.25, 0.3) is 0 Å². The number of ether oxygens (including phenoxy) is 1. The number of hydrogen-bond acceptors (Lipinski definition) is 5. The van der Waals surface area contributed by atoms with Crippen molar-refractivity contribution in [3.63, 3.8) is 0 Å². The van der Waals surface area contributed by atoms with Crippen LogP contribution in [-0.2, 0) is 14.3 Å². The summed E-state index contributed by atoms with van der Waals surface area (Å²) in [6, 6.07) is 8.47. The first kappa shape index (κ1) is 16.0. The van der Waals surface area contributed by atoms with E-state index in [1.807, 2.05) is 51.1 Å². The molecule has 1 amide bonds. The molecule has 0 saturated heterocycles. The summed E-state index contributed by atoms with van der Waals surface area (Å²) in [5.41, 5.74) is 5.80. The van der Waals surface area contributed by atoms with Crippen molar-refractivity contribution < 1.29 is 14.3 Å². The largest absolute Gasteiger partial charge is 0.455 e. The SMILES string of the molecule is CCC(C)(C)OC(=O)C1=NN(c2ccccc2)[C@@H](C(N)=O)C1. The van der Waals surface area contributed by atoms with Gasteiger partial charge in [0.2, 0.25) is 5.91 Å². The summed E-state index contributed by atoms with van der Waals surface area (Å²) in [5.74, 6) is -1.03. The Hall–Kier alpha value is -2.37. The van der Waals surface area contributed by atoms with Gasteiger partial charge < -0.3 is 10.5 Å². The number of benzene rings is 1. The number of amides is 1. The van der Waals surface area contributed by atoms with Gasteiger partial charge in [0.15, 0.2) is 0 Å². The van der Waals surface area contributed by atoms with Crippen LogP contribution in [0.1, 0.15) is 33.6 Å². The molecule has 1 aliphatic rings. The van der Waals surface area contributed by atoms with Crippen molar-refractivity contribution >= 4 is 23.3 Å². The van der Waals surface area contributed by atoms with Crippen molar-refractivity contribution in [2.45, 2.75) is 45.3 Å². The van der Waals surface area contributed by atoms with E-state index in [0.717, 1.165) is 0 Å². The van der Waals surface area contributed by atoms with Gasteiger partial charge >= 0.3 is 5.97 Å². The first-order chi connectivity index (χ1) is 10.3. The maximum atomic E-state index is 12.2. The summed E-state index contributed by atoms with van der Waals surface area (Å²) in [5, 5.41) is 5.74. The highest BCUT2D eigenvalue weighted by Gasteiger charge is 2.37. The Bertz CT molecular complexity index is 596. The predicted octanol–water partition coefficient (Wildman–Crippen LogP) is 1.84. The molecule has 22 heavy (non-hydrogen) atoms. The Morgan fingerprint density at radius 2 is 2.00 bits per heavy atom. The number of anilines is 1. The van der Waals surface area contributed by atoms with Gasteiger partial charge in [0.1, 0.15) is 17.4 Å². The summed E-state index contributed by atoms with van der Waals surface area (Å²) in [7, 11) is 0. The van der Waals surface area contributed by atoms with Gasteiger partial charge in [-0.1, -0.05) is 25.1 Å². The molecule has 0 radical (unpaired) electrons.